The maximum atomic E-state index is 8.11. The quantitative estimate of drug-likeness (QED) is 0.405. The summed E-state index contributed by atoms with van der Waals surface area (Å²) in [5, 5.41) is 8.11. The van der Waals surface area contributed by atoms with Crippen LogP contribution in [0.5, 0.6) is 0 Å². The Morgan fingerprint density at radius 3 is 2.89 bits per heavy atom. The van der Waals surface area contributed by atoms with Crippen LogP contribution >= 0.6 is 0 Å². The van der Waals surface area contributed by atoms with Gasteiger partial charge in [0.2, 0.25) is 0 Å². The first-order chi connectivity index (χ1) is 4.35. The zero-order valence-corrected chi connectivity index (χ0v) is 5.00. The Morgan fingerprint density at radius 1 is 1.89 bits per heavy atom. The standard InChI is InChI=1S/C5H6N2O2/c1-7-5(3-6)9-4-8-2/h5H,4H2,2H3. The van der Waals surface area contributed by atoms with Gasteiger partial charge in [-0.25, -0.2) is 6.57 Å². The molecule has 0 radical (unpaired) electrons. The Kier molecular flexibility index (Phi) is 4.43. The van der Waals surface area contributed by atoms with Gasteiger partial charge in [-0.15, -0.1) is 0 Å². The van der Waals surface area contributed by atoms with Crippen molar-refractivity contribution < 1.29 is 9.47 Å². The molecule has 0 aliphatic rings. The predicted octanol–water partition coefficient (Wildman–Crippen LogP) is 0.376. The van der Waals surface area contributed by atoms with Gasteiger partial charge in [-0.2, -0.15) is 5.26 Å². The van der Waals surface area contributed by atoms with Gasteiger partial charge < -0.3 is 4.74 Å². The van der Waals surface area contributed by atoms with Crippen LogP contribution in [0.1, 0.15) is 0 Å². The summed E-state index contributed by atoms with van der Waals surface area (Å²) >= 11 is 0. The van der Waals surface area contributed by atoms with Crippen molar-refractivity contribution in [2.75, 3.05) is 13.9 Å². The van der Waals surface area contributed by atoms with Crippen LogP contribution in [0.4, 0.5) is 0 Å². The second kappa shape index (κ2) is 5.04. The predicted molar refractivity (Wildman–Crippen MR) is 29.0 cm³/mol. The van der Waals surface area contributed by atoms with E-state index in [-0.39, 0.29) is 6.79 Å². The van der Waals surface area contributed by atoms with Crippen molar-refractivity contribution in [3.63, 3.8) is 0 Å². The van der Waals surface area contributed by atoms with Gasteiger partial charge in [0.1, 0.15) is 0 Å². The molecule has 0 N–H and O–H groups in total. The van der Waals surface area contributed by atoms with Crippen molar-refractivity contribution >= 4 is 0 Å². The number of hydrogen-bond acceptors (Lipinski definition) is 3. The van der Waals surface area contributed by atoms with Crippen LogP contribution in [0.2, 0.25) is 0 Å². The van der Waals surface area contributed by atoms with Gasteiger partial charge in [-0.05, 0) is 0 Å². The van der Waals surface area contributed by atoms with E-state index in [2.05, 4.69) is 14.3 Å². The lowest BCUT2D eigenvalue weighted by atomic mass is 10.7. The summed E-state index contributed by atoms with van der Waals surface area (Å²) in [6, 6.07) is 1.63. The number of methoxy groups -OCH3 is 1. The van der Waals surface area contributed by atoms with Crippen LogP contribution in [0.3, 0.4) is 0 Å². The van der Waals surface area contributed by atoms with E-state index >= 15 is 0 Å². The highest BCUT2D eigenvalue weighted by Gasteiger charge is 2.07. The van der Waals surface area contributed by atoms with Crippen LogP contribution < -0.4 is 0 Å². The van der Waals surface area contributed by atoms with Crippen molar-refractivity contribution in [3.05, 3.63) is 11.4 Å². The Hall–Kier alpha value is -1.10. The minimum atomic E-state index is -1.02. The molecule has 0 aromatic rings. The average molecular weight is 126 g/mol. The summed E-state index contributed by atoms with van der Waals surface area (Å²) in [5.41, 5.74) is 0. The zero-order chi connectivity index (χ0) is 7.11. The molecule has 0 heterocycles. The molecule has 0 aliphatic carbocycles. The molecule has 0 fully saturated rings. The third-order valence-electron chi connectivity index (χ3n) is 0.571. The van der Waals surface area contributed by atoms with Gasteiger partial charge in [-0.3, -0.25) is 9.58 Å². The van der Waals surface area contributed by atoms with Gasteiger partial charge >= 0.3 is 6.23 Å². The van der Waals surface area contributed by atoms with Crippen molar-refractivity contribution in [1.29, 1.82) is 5.26 Å². The Balaban J connectivity index is 3.38. The van der Waals surface area contributed by atoms with Crippen molar-refractivity contribution in [3.8, 4) is 6.07 Å². The van der Waals surface area contributed by atoms with Crippen LogP contribution in [-0.2, 0) is 9.47 Å². The molecule has 0 aromatic heterocycles. The molecule has 9 heavy (non-hydrogen) atoms. The summed E-state index contributed by atoms with van der Waals surface area (Å²) < 4.78 is 9.01. The summed E-state index contributed by atoms with van der Waals surface area (Å²) in [5.74, 6) is 0. The number of hydrogen-bond donors (Lipinski definition) is 0. The topological polar surface area (TPSA) is 46.6 Å². The second-order valence-electron chi connectivity index (χ2n) is 1.18. The molecule has 0 aromatic carbocycles. The van der Waals surface area contributed by atoms with E-state index in [9.17, 15) is 0 Å². The molecule has 0 bridgehead atoms. The molecular weight excluding hydrogens is 120 g/mol. The van der Waals surface area contributed by atoms with Crippen molar-refractivity contribution in [2.24, 2.45) is 0 Å². The molecule has 1 unspecified atom stereocenters. The second-order valence-corrected chi connectivity index (χ2v) is 1.18. The van der Waals surface area contributed by atoms with E-state index in [4.69, 9.17) is 11.8 Å². The van der Waals surface area contributed by atoms with E-state index < -0.39 is 6.23 Å². The largest absolute Gasteiger partial charge is 0.418 e. The Morgan fingerprint density at radius 2 is 2.56 bits per heavy atom. The van der Waals surface area contributed by atoms with Gasteiger partial charge in [-0.1, -0.05) is 0 Å². The van der Waals surface area contributed by atoms with E-state index in [1.165, 1.54) is 7.11 Å². The molecule has 0 saturated carbocycles. The lowest BCUT2D eigenvalue weighted by Gasteiger charge is -1.95. The average Bonchev–Trinajstić information content (AvgIpc) is 1.91. The van der Waals surface area contributed by atoms with E-state index in [0.717, 1.165) is 0 Å². The highest BCUT2D eigenvalue weighted by molar-refractivity contribution is 4.90. The normalized spacial score (nSPS) is 11.4. The van der Waals surface area contributed by atoms with Crippen LogP contribution in [0.15, 0.2) is 0 Å². The van der Waals surface area contributed by atoms with E-state index in [0.29, 0.717) is 0 Å². The Bertz CT molecular complexity index is 130. The maximum Gasteiger partial charge on any atom is 0.418 e. The monoisotopic (exact) mass is 126 g/mol. The molecule has 0 amide bonds. The lowest BCUT2D eigenvalue weighted by Crippen LogP contribution is -2.06. The van der Waals surface area contributed by atoms with Crippen LogP contribution in [-0.4, -0.2) is 20.1 Å². The minimum Gasteiger partial charge on any atom is -0.358 e. The summed E-state index contributed by atoms with van der Waals surface area (Å²) in [6.45, 7) is 6.35. The summed E-state index contributed by atoms with van der Waals surface area (Å²) in [4.78, 5) is 2.83. The molecule has 0 spiro atoms. The van der Waals surface area contributed by atoms with Crippen molar-refractivity contribution in [2.45, 2.75) is 6.23 Å². The summed E-state index contributed by atoms with van der Waals surface area (Å²) in [7, 11) is 1.43. The lowest BCUT2D eigenvalue weighted by molar-refractivity contribution is -0.0396. The smallest absolute Gasteiger partial charge is 0.358 e. The number of ether oxygens (including phenoxy) is 2. The Labute approximate surface area is 53.4 Å². The number of nitrogens with zero attached hydrogens (tertiary/aromatic N) is 2. The number of nitriles is 1. The first kappa shape index (κ1) is 7.90. The fourth-order valence-electron chi connectivity index (χ4n) is 0.236. The highest BCUT2D eigenvalue weighted by atomic mass is 16.7. The summed E-state index contributed by atoms with van der Waals surface area (Å²) in [6.07, 6.45) is -1.02. The molecule has 0 saturated heterocycles. The molecule has 48 valence electrons. The fourth-order valence-corrected chi connectivity index (χ4v) is 0.236. The van der Waals surface area contributed by atoms with Crippen LogP contribution in [0.25, 0.3) is 4.85 Å². The van der Waals surface area contributed by atoms with Gasteiger partial charge in [0.05, 0.1) is 0 Å². The SMILES string of the molecule is [C-]#[N+]C(C#N)OCOC. The third-order valence-corrected chi connectivity index (χ3v) is 0.571. The molecular formula is C5H6N2O2. The molecule has 4 heteroatoms. The van der Waals surface area contributed by atoms with Crippen molar-refractivity contribution in [1.82, 2.24) is 0 Å². The molecule has 1 atom stereocenters. The minimum absolute atomic E-state index is 0.0133. The molecule has 0 aliphatic heterocycles. The van der Waals surface area contributed by atoms with Gasteiger partial charge in [0.15, 0.2) is 12.9 Å². The van der Waals surface area contributed by atoms with Crippen LogP contribution in [0, 0.1) is 17.9 Å². The fraction of sp³-hybridized carbons (Fsp3) is 0.600. The van der Waals surface area contributed by atoms with E-state index in [1.54, 1.807) is 6.07 Å². The zero-order valence-electron chi connectivity index (χ0n) is 5.00. The molecule has 4 nitrogen and oxygen atoms in total. The van der Waals surface area contributed by atoms with Gasteiger partial charge in [0.25, 0.3) is 0 Å². The number of rotatable bonds is 3. The maximum absolute atomic E-state index is 8.11. The first-order valence-electron chi connectivity index (χ1n) is 2.22. The molecule has 0 rings (SSSR count). The third kappa shape index (κ3) is 3.48. The highest BCUT2D eigenvalue weighted by Crippen LogP contribution is 1.89. The van der Waals surface area contributed by atoms with E-state index in [1.807, 2.05) is 0 Å². The van der Waals surface area contributed by atoms with Gasteiger partial charge in [0, 0.05) is 7.11 Å². The first-order valence-corrected chi connectivity index (χ1v) is 2.22.